The van der Waals surface area contributed by atoms with Crippen molar-refractivity contribution in [2.24, 2.45) is 5.73 Å². The molecule has 0 unspecified atom stereocenters. The van der Waals surface area contributed by atoms with E-state index in [-0.39, 0.29) is 6.10 Å². The monoisotopic (exact) mass is 317 g/mol. The highest BCUT2D eigenvalue weighted by Gasteiger charge is 2.20. The number of carbonyl (C=O) groups excluding carboxylic acids is 1. The molecule has 1 aromatic carbocycles. The molecule has 5 nitrogen and oxygen atoms in total. The minimum atomic E-state index is -0.532. The van der Waals surface area contributed by atoms with Crippen molar-refractivity contribution >= 4 is 29.2 Å². The van der Waals surface area contributed by atoms with E-state index in [1.54, 1.807) is 6.07 Å². The number of nitrogens with two attached hydrogens (primary N) is 1. The van der Waals surface area contributed by atoms with Gasteiger partial charge in [0.25, 0.3) is 0 Å². The van der Waals surface area contributed by atoms with Crippen LogP contribution in [0, 0.1) is 0 Å². The molecule has 1 fully saturated rings. The summed E-state index contributed by atoms with van der Waals surface area (Å²) < 4.78 is 5.58. The molecule has 0 saturated carbocycles. The van der Waals surface area contributed by atoms with Crippen LogP contribution in [0.5, 0.6) is 0 Å². The zero-order chi connectivity index (χ0) is 14.5. The molecule has 0 radical (unpaired) electrons. The lowest BCUT2D eigenvalue weighted by molar-refractivity contribution is -0.0286. The van der Waals surface area contributed by atoms with Crippen LogP contribution in [-0.4, -0.2) is 43.3 Å². The standard InChI is InChI=1S/C13H17Cl2N3O2/c14-11-2-1-9(5-12(11)15)7-18-3-4-20-10(8-18)6-17-13(16)19/h1-2,5,10H,3-4,6-8H2,(H3,16,17,19)/t10-/m0/s1. The molecule has 2 amide bonds. The van der Waals surface area contributed by atoms with Crippen molar-refractivity contribution in [1.82, 2.24) is 10.2 Å². The molecule has 3 N–H and O–H groups in total. The molecule has 110 valence electrons. The number of morpholine rings is 1. The fraction of sp³-hybridized carbons (Fsp3) is 0.462. The fourth-order valence-electron chi connectivity index (χ4n) is 2.16. The molecule has 1 heterocycles. The first-order valence-electron chi connectivity index (χ1n) is 6.36. The summed E-state index contributed by atoms with van der Waals surface area (Å²) in [5, 5.41) is 3.68. The topological polar surface area (TPSA) is 67.6 Å². The molecule has 0 aliphatic carbocycles. The Hall–Kier alpha value is -1.01. The number of hydrogen-bond acceptors (Lipinski definition) is 3. The Morgan fingerprint density at radius 1 is 1.45 bits per heavy atom. The number of carbonyl (C=O) groups is 1. The zero-order valence-corrected chi connectivity index (χ0v) is 12.5. The lowest BCUT2D eigenvalue weighted by atomic mass is 10.2. The summed E-state index contributed by atoms with van der Waals surface area (Å²) in [4.78, 5) is 12.9. The fourth-order valence-corrected chi connectivity index (χ4v) is 2.48. The summed E-state index contributed by atoms with van der Waals surface area (Å²) >= 11 is 11.9. The van der Waals surface area contributed by atoms with Gasteiger partial charge in [-0.1, -0.05) is 29.3 Å². The Balaban J connectivity index is 1.88. The second-order valence-corrected chi connectivity index (χ2v) is 5.54. The largest absolute Gasteiger partial charge is 0.374 e. The number of ether oxygens (including phenoxy) is 1. The lowest BCUT2D eigenvalue weighted by Crippen LogP contribution is -2.47. The number of nitrogens with one attached hydrogen (secondary N) is 1. The Morgan fingerprint density at radius 2 is 2.25 bits per heavy atom. The SMILES string of the molecule is NC(=O)NC[C@H]1CN(Cc2ccc(Cl)c(Cl)c2)CCO1. The number of rotatable bonds is 4. The van der Waals surface area contributed by atoms with Crippen molar-refractivity contribution in [2.75, 3.05) is 26.2 Å². The molecule has 0 aromatic heterocycles. The van der Waals surface area contributed by atoms with Crippen molar-refractivity contribution in [2.45, 2.75) is 12.6 Å². The lowest BCUT2D eigenvalue weighted by Gasteiger charge is -2.33. The van der Waals surface area contributed by atoms with Crippen molar-refractivity contribution in [1.29, 1.82) is 0 Å². The van der Waals surface area contributed by atoms with Gasteiger partial charge in [0.15, 0.2) is 0 Å². The van der Waals surface area contributed by atoms with Crippen LogP contribution in [0.4, 0.5) is 4.79 Å². The normalized spacial score (nSPS) is 19.8. The Bertz CT molecular complexity index is 485. The molecule has 1 aliphatic heterocycles. The van der Waals surface area contributed by atoms with E-state index >= 15 is 0 Å². The Labute approximate surface area is 128 Å². The van der Waals surface area contributed by atoms with Gasteiger partial charge in [-0.3, -0.25) is 4.90 Å². The van der Waals surface area contributed by atoms with E-state index in [4.69, 9.17) is 33.7 Å². The first-order valence-corrected chi connectivity index (χ1v) is 7.11. The molecular formula is C13H17Cl2N3O2. The zero-order valence-electron chi connectivity index (χ0n) is 10.9. The molecular weight excluding hydrogens is 301 g/mol. The Morgan fingerprint density at radius 3 is 2.95 bits per heavy atom. The van der Waals surface area contributed by atoms with Gasteiger partial charge in [-0.25, -0.2) is 4.79 Å². The molecule has 2 rings (SSSR count). The van der Waals surface area contributed by atoms with Crippen molar-refractivity contribution in [3.63, 3.8) is 0 Å². The minimum absolute atomic E-state index is 0.0426. The highest BCUT2D eigenvalue weighted by Crippen LogP contribution is 2.23. The highest BCUT2D eigenvalue weighted by atomic mass is 35.5. The van der Waals surface area contributed by atoms with Crippen molar-refractivity contribution < 1.29 is 9.53 Å². The van der Waals surface area contributed by atoms with Crippen molar-refractivity contribution in [3.05, 3.63) is 33.8 Å². The second-order valence-electron chi connectivity index (χ2n) is 4.72. The maximum absolute atomic E-state index is 10.7. The van der Waals surface area contributed by atoms with Crippen LogP contribution in [-0.2, 0) is 11.3 Å². The first kappa shape index (κ1) is 15.4. The smallest absolute Gasteiger partial charge is 0.312 e. The highest BCUT2D eigenvalue weighted by molar-refractivity contribution is 6.42. The Kier molecular flexibility index (Phi) is 5.48. The number of primary amides is 1. The van der Waals surface area contributed by atoms with Crippen LogP contribution in [0.1, 0.15) is 5.56 Å². The summed E-state index contributed by atoms with van der Waals surface area (Å²) in [7, 11) is 0. The van der Waals surface area contributed by atoms with Gasteiger partial charge in [0.05, 0.1) is 22.8 Å². The van der Waals surface area contributed by atoms with Crippen LogP contribution in [0.25, 0.3) is 0 Å². The molecule has 7 heteroatoms. The number of nitrogens with zero attached hydrogens (tertiary/aromatic N) is 1. The quantitative estimate of drug-likeness (QED) is 0.890. The number of urea groups is 1. The van der Waals surface area contributed by atoms with Gasteiger partial charge >= 0.3 is 6.03 Å². The van der Waals surface area contributed by atoms with Gasteiger partial charge in [-0.2, -0.15) is 0 Å². The van der Waals surface area contributed by atoms with Crippen LogP contribution >= 0.6 is 23.2 Å². The van der Waals surface area contributed by atoms with Crippen LogP contribution in [0.3, 0.4) is 0 Å². The van der Waals surface area contributed by atoms with E-state index in [0.29, 0.717) is 23.2 Å². The summed E-state index contributed by atoms with van der Waals surface area (Å²) in [6.45, 7) is 3.40. The van der Waals surface area contributed by atoms with Crippen LogP contribution in [0.2, 0.25) is 10.0 Å². The molecule has 1 aromatic rings. The average molecular weight is 318 g/mol. The summed E-state index contributed by atoms with van der Waals surface area (Å²) in [5.41, 5.74) is 6.15. The van der Waals surface area contributed by atoms with E-state index in [2.05, 4.69) is 10.2 Å². The van der Waals surface area contributed by atoms with E-state index in [0.717, 1.165) is 25.2 Å². The minimum Gasteiger partial charge on any atom is -0.374 e. The predicted octanol–water partition coefficient (Wildman–Crippen LogP) is 1.86. The average Bonchev–Trinajstić information content (AvgIpc) is 2.41. The third kappa shape index (κ3) is 4.52. The third-order valence-electron chi connectivity index (χ3n) is 3.12. The number of amides is 2. The summed E-state index contributed by atoms with van der Waals surface area (Å²) in [5.74, 6) is 0. The van der Waals surface area contributed by atoms with Crippen LogP contribution < -0.4 is 11.1 Å². The van der Waals surface area contributed by atoms with Crippen molar-refractivity contribution in [3.8, 4) is 0 Å². The van der Waals surface area contributed by atoms with Gasteiger partial charge in [0.1, 0.15) is 0 Å². The molecule has 1 aliphatic rings. The summed E-state index contributed by atoms with van der Waals surface area (Å²) in [6, 6.07) is 5.09. The maximum atomic E-state index is 10.7. The van der Waals surface area contributed by atoms with E-state index in [1.807, 2.05) is 12.1 Å². The number of benzene rings is 1. The van der Waals surface area contributed by atoms with Gasteiger partial charge in [-0.15, -0.1) is 0 Å². The van der Waals surface area contributed by atoms with Gasteiger partial charge < -0.3 is 15.8 Å². The number of halogens is 2. The van der Waals surface area contributed by atoms with Gasteiger partial charge in [-0.05, 0) is 17.7 Å². The van der Waals surface area contributed by atoms with Gasteiger partial charge in [0.2, 0.25) is 0 Å². The molecule has 1 atom stereocenters. The molecule has 0 spiro atoms. The van der Waals surface area contributed by atoms with Crippen LogP contribution in [0.15, 0.2) is 18.2 Å². The maximum Gasteiger partial charge on any atom is 0.312 e. The summed E-state index contributed by atoms with van der Waals surface area (Å²) in [6.07, 6.45) is -0.0426. The van der Waals surface area contributed by atoms with E-state index in [1.165, 1.54) is 0 Å². The van der Waals surface area contributed by atoms with Gasteiger partial charge in [0, 0.05) is 26.2 Å². The number of hydrogen-bond donors (Lipinski definition) is 2. The van der Waals surface area contributed by atoms with E-state index < -0.39 is 6.03 Å². The third-order valence-corrected chi connectivity index (χ3v) is 3.86. The molecule has 1 saturated heterocycles. The molecule has 0 bridgehead atoms. The predicted molar refractivity (Wildman–Crippen MR) is 79.1 cm³/mol. The van der Waals surface area contributed by atoms with E-state index in [9.17, 15) is 4.79 Å². The second kappa shape index (κ2) is 7.13. The molecule has 20 heavy (non-hydrogen) atoms. The first-order chi connectivity index (χ1) is 9.54.